The molecule has 2 fully saturated rings. The molecule has 1 aliphatic heterocycles. The second kappa shape index (κ2) is 6.68. The van der Waals surface area contributed by atoms with Crippen molar-refractivity contribution in [3.8, 4) is 0 Å². The van der Waals surface area contributed by atoms with E-state index in [4.69, 9.17) is 4.74 Å². The topological polar surface area (TPSA) is 96.9 Å². The van der Waals surface area contributed by atoms with E-state index >= 15 is 0 Å². The highest BCUT2D eigenvalue weighted by atomic mass is 16.5. The normalized spacial score (nSPS) is 30.4. The van der Waals surface area contributed by atoms with Gasteiger partial charge in [0.25, 0.3) is 5.91 Å². The van der Waals surface area contributed by atoms with Crippen LogP contribution in [0.25, 0.3) is 0 Å². The Balaban J connectivity index is 1.41. The molecule has 2 N–H and O–H groups in total. The minimum atomic E-state index is -0.646. The van der Waals surface area contributed by atoms with Crippen molar-refractivity contribution in [3.05, 3.63) is 0 Å². The minimum absolute atomic E-state index is 0.114. The molecule has 0 saturated heterocycles. The maximum absolute atomic E-state index is 12.0. The number of amides is 2. The fourth-order valence-electron chi connectivity index (χ4n) is 4.14. The van der Waals surface area contributed by atoms with E-state index in [-0.39, 0.29) is 43.0 Å². The predicted molar refractivity (Wildman–Crippen MR) is 82.3 cm³/mol. The third-order valence-corrected chi connectivity index (χ3v) is 5.30. The Morgan fingerprint density at radius 2 is 2.17 bits per heavy atom. The van der Waals surface area contributed by atoms with E-state index in [1.54, 1.807) is 0 Å². The van der Waals surface area contributed by atoms with Crippen molar-refractivity contribution in [2.45, 2.75) is 51.5 Å². The highest BCUT2D eigenvalue weighted by molar-refractivity contribution is 6.37. The molecule has 3 aliphatic rings. The number of ether oxygens (including phenoxy) is 1. The highest BCUT2D eigenvalue weighted by Crippen LogP contribution is 2.49. The molecule has 2 amide bonds. The number of hydrazone groups is 1. The molecule has 2 bridgehead atoms. The Hall–Kier alpha value is -1.92. The van der Waals surface area contributed by atoms with E-state index in [0.717, 1.165) is 11.8 Å². The average molecular weight is 321 g/mol. The molecule has 7 heteroatoms. The van der Waals surface area contributed by atoms with Crippen LogP contribution in [0.5, 0.6) is 0 Å². The first-order valence-electron chi connectivity index (χ1n) is 8.35. The van der Waals surface area contributed by atoms with E-state index in [2.05, 4.69) is 15.8 Å². The monoisotopic (exact) mass is 321 g/mol. The van der Waals surface area contributed by atoms with E-state index in [0.29, 0.717) is 5.92 Å². The fourth-order valence-corrected chi connectivity index (χ4v) is 4.14. The van der Waals surface area contributed by atoms with Gasteiger partial charge in [-0.25, -0.2) is 10.2 Å². The van der Waals surface area contributed by atoms with Gasteiger partial charge in [0.1, 0.15) is 5.71 Å². The Labute approximate surface area is 135 Å². The zero-order valence-corrected chi connectivity index (χ0v) is 13.3. The number of carbonyl (C=O) groups is 3. The molecule has 2 saturated carbocycles. The summed E-state index contributed by atoms with van der Waals surface area (Å²) in [7, 11) is 0. The summed E-state index contributed by atoms with van der Waals surface area (Å²) in [4.78, 5) is 34.7. The second-order valence-corrected chi connectivity index (χ2v) is 6.86. The van der Waals surface area contributed by atoms with Crippen molar-refractivity contribution in [2.24, 2.45) is 22.9 Å². The quantitative estimate of drug-likeness (QED) is 0.730. The second-order valence-electron chi connectivity index (χ2n) is 6.86. The average Bonchev–Trinajstić information content (AvgIpc) is 3.16. The van der Waals surface area contributed by atoms with Crippen molar-refractivity contribution in [1.82, 2.24) is 10.7 Å². The van der Waals surface area contributed by atoms with Gasteiger partial charge in [-0.1, -0.05) is 6.42 Å². The van der Waals surface area contributed by atoms with Crippen molar-refractivity contribution >= 4 is 23.5 Å². The number of rotatable bonds is 5. The van der Waals surface area contributed by atoms with Crippen LogP contribution in [-0.4, -0.2) is 36.1 Å². The van der Waals surface area contributed by atoms with E-state index in [1.807, 2.05) is 6.92 Å². The summed E-state index contributed by atoms with van der Waals surface area (Å²) in [5.74, 6) is 0.965. The number of nitrogens with one attached hydrogen (secondary N) is 2. The van der Waals surface area contributed by atoms with Gasteiger partial charge in [-0.3, -0.25) is 9.59 Å². The number of hydrogen-bond donors (Lipinski definition) is 2. The molecule has 23 heavy (non-hydrogen) atoms. The van der Waals surface area contributed by atoms with Gasteiger partial charge < -0.3 is 10.1 Å². The molecule has 3 rings (SSSR count). The maximum atomic E-state index is 12.0. The number of nitrogens with zero attached hydrogens (tertiary/aromatic N) is 1. The zero-order chi connectivity index (χ0) is 16.4. The summed E-state index contributed by atoms with van der Waals surface area (Å²) in [6.45, 7) is 1.72. The standard InChI is InChI=1S/C16H23N3O4/c1-9(12-7-10-2-3-11(12)6-10)17-15(21)8-23-16(22)13-4-5-14(20)19-18-13/h9-12H,2-8H2,1H3,(H,17,21)(H,19,20)/t9-,10-,11-,12-/m0/s1. The lowest BCUT2D eigenvalue weighted by Crippen LogP contribution is -2.42. The largest absolute Gasteiger partial charge is 0.451 e. The molecule has 0 unspecified atom stereocenters. The molecule has 0 spiro atoms. The first kappa shape index (κ1) is 16.0. The summed E-state index contributed by atoms with van der Waals surface area (Å²) in [5, 5.41) is 6.60. The van der Waals surface area contributed by atoms with Crippen LogP contribution in [0.4, 0.5) is 0 Å². The van der Waals surface area contributed by atoms with Crippen LogP contribution in [0, 0.1) is 17.8 Å². The summed E-state index contributed by atoms with van der Waals surface area (Å²) < 4.78 is 4.97. The third kappa shape index (κ3) is 3.71. The number of carbonyl (C=O) groups excluding carboxylic acids is 3. The first-order chi connectivity index (χ1) is 11.0. The molecule has 0 aromatic rings. The summed E-state index contributed by atoms with van der Waals surface area (Å²) in [5.41, 5.74) is 2.38. The molecule has 1 heterocycles. The van der Waals surface area contributed by atoms with Crippen molar-refractivity contribution in [1.29, 1.82) is 0 Å². The molecule has 0 radical (unpaired) electrons. The lowest BCUT2D eigenvalue weighted by molar-refractivity contribution is -0.142. The molecule has 126 valence electrons. The third-order valence-electron chi connectivity index (χ3n) is 5.30. The Bertz CT molecular complexity index is 545. The van der Waals surface area contributed by atoms with Crippen LogP contribution < -0.4 is 10.7 Å². The van der Waals surface area contributed by atoms with Gasteiger partial charge in [-0.05, 0) is 43.9 Å². The SMILES string of the molecule is C[C@H](NC(=O)COC(=O)C1=NNC(=O)CC1)[C@@H]1C[C@H]2CC[C@H]1C2. The molecular weight excluding hydrogens is 298 g/mol. The highest BCUT2D eigenvalue weighted by Gasteiger charge is 2.42. The van der Waals surface area contributed by atoms with Gasteiger partial charge in [-0.2, -0.15) is 5.10 Å². The van der Waals surface area contributed by atoms with Gasteiger partial charge in [0, 0.05) is 18.9 Å². The molecular formula is C16H23N3O4. The molecule has 0 aromatic heterocycles. The summed E-state index contributed by atoms with van der Waals surface area (Å²) in [6.07, 6.45) is 5.55. The predicted octanol–water partition coefficient (Wildman–Crippen LogP) is 0.736. The Morgan fingerprint density at radius 1 is 1.35 bits per heavy atom. The summed E-state index contributed by atoms with van der Waals surface area (Å²) in [6, 6.07) is 0.114. The maximum Gasteiger partial charge on any atom is 0.355 e. The van der Waals surface area contributed by atoms with Crippen LogP contribution in [0.2, 0.25) is 0 Å². The van der Waals surface area contributed by atoms with E-state index in [1.165, 1.54) is 25.7 Å². The Morgan fingerprint density at radius 3 is 2.78 bits per heavy atom. The van der Waals surface area contributed by atoms with Crippen LogP contribution >= 0.6 is 0 Å². The van der Waals surface area contributed by atoms with Crippen molar-refractivity contribution in [2.75, 3.05) is 6.61 Å². The lowest BCUT2D eigenvalue weighted by Gasteiger charge is -2.28. The number of fused-ring (bicyclic) bond motifs is 2. The van der Waals surface area contributed by atoms with Crippen molar-refractivity contribution < 1.29 is 19.1 Å². The minimum Gasteiger partial charge on any atom is -0.451 e. The number of esters is 1. The Kier molecular flexibility index (Phi) is 4.63. The van der Waals surface area contributed by atoms with Crippen LogP contribution in [0.3, 0.4) is 0 Å². The van der Waals surface area contributed by atoms with Crippen LogP contribution in [0.15, 0.2) is 5.10 Å². The van der Waals surface area contributed by atoms with Gasteiger partial charge >= 0.3 is 5.97 Å². The first-order valence-corrected chi connectivity index (χ1v) is 8.35. The van der Waals surface area contributed by atoms with Gasteiger partial charge in [0.2, 0.25) is 5.91 Å². The van der Waals surface area contributed by atoms with Gasteiger partial charge in [0.05, 0.1) is 0 Å². The van der Waals surface area contributed by atoms with Crippen LogP contribution in [-0.2, 0) is 19.1 Å². The van der Waals surface area contributed by atoms with Gasteiger partial charge in [-0.15, -0.1) is 0 Å². The fraction of sp³-hybridized carbons (Fsp3) is 0.750. The van der Waals surface area contributed by atoms with E-state index in [9.17, 15) is 14.4 Å². The molecule has 4 atom stereocenters. The van der Waals surface area contributed by atoms with E-state index < -0.39 is 5.97 Å². The van der Waals surface area contributed by atoms with Gasteiger partial charge in [0.15, 0.2) is 6.61 Å². The number of hydrogen-bond acceptors (Lipinski definition) is 5. The molecule has 0 aromatic carbocycles. The zero-order valence-electron chi connectivity index (χ0n) is 13.3. The lowest BCUT2D eigenvalue weighted by atomic mass is 9.84. The smallest absolute Gasteiger partial charge is 0.355 e. The van der Waals surface area contributed by atoms with Crippen molar-refractivity contribution in [3.63, 3.8) is 0 Å². The van der Waals surface area contributed by atoms with Crippen LogP contribution in [0.1, 0.15) is 45.4 Å². The molecule has 7 nitrogen and oxygen atoms in total. The molecule has 2 aliphatic carbocycles. The summed E-state index contributed by atoms with van der Waals surface area (Å²) >= 11 is 0.